The van der Waals surface area contributed by atoms with Gasteiger partial charge in [-0.05, 0) is 36.1 Å². The van der Waals surface area contributed by atoms with Crippen LogP contribution in [-0.2, 0) is 11.3 Å². The molecule has 1 aliphatic rings. The van der Waals surface area contributed by atoms with E-state index >= 15 is 0 Å². The Morgan fingerprint density at radius 3 is 2.46 bits per heavy atom. The summed E-state index contributed by atoms with van der Waals surface area (Å²) >= 11 is 6.40. The van der Waals surface area contributed by atoms with Gasteiger partial charge in [0.05, 0.1) is 5.69 Å². The van der Waals surface area contributed by atoms with E-state index in [4.69, 9.17) is 11.6 Å². The van der Waals surface area contributed by atoms with Crippen LogP contribution >= 0.6 is 11.6 Å². The molecule has 3 aromatic rings. The number of carboxylic acid groups (broad SMARTS) is 1. The van der Waals surface area contributed by atoms with Gasteiger partial charge in [-0.3, -0.25) is 14.7 Å². The molecular weight excluding hydrogens is 372 g/mol. The van der Waals surface area contributed by atoms with Gasteiger partial charge in [0.2, 0.25) is 0 Å². The maximum absolute atomic E-state index is 11.8. The zero-order valence-corrected chi connectivity index (χ0v) is 16.1. The van der Waals surface area contributed by atoms with E-state index in [-0.39, 0.29) is 6.04 Å². The molecule has 0 amide bonds. The third-order valence-electron chi connectivity index (χ3n) is 5.32. The molecule has 2 heterocycles. The summed E-state index contributed by atoms with van der Waals surface area (Å²) in [6.07, 6.45) is 3.22. The molecule has 1 aliphatic heterocycles. The van der Waals surface area contributed by atoms with Crippen LogP contribution in [0, 0.1) is 0 Å². The van der Waals surface area contributed by atoms with Gasteiger partial charge in [0.1, 0.15) is 6.04 Å². The van der Waals surface area contributed by atoms with Crippen molar-refractivity contribution in [3.05, 3.63) is 89.1 Å². The summed E-state index contributed by atoms with van der Waals surface area (Å²) in [5.74, 6) is -0.789. The molecule has 0 aliphatic carbocycles. The maximum Gasteiger partial charge on any atom is 0.320 e. The highest BCUT2D eigenvalue weighted by Crippen LogP contribution is 2.40. The minimum absolute atomic E-state index is 0.0106. The van der Waals surface area contributed by atoms with Gasteiger partial charge in [-0.2, -0.15) is 0 Å². The Morgan fingerprint density at radius 2 is 1.79 bits per heavy atom. The second-order valence-corrected chi connectivity index (χ2v) is 7.47. The van der Waals surface area contributed by atoms with Gasteiger partial charge >= 0.3 is 5.97 Å². The Labute approximate surface area is 169 Å². The van der Waals surface area contributed by atoms with Crippen LogP contribution in [0.2, 0.25) is 5.02 Å². The summed E-state index contributed by atoms with van der Waals surface area (Å²) in [7, 11) is 0. The highest BCUT2D eigenvalue weighted by atomic mass is 35.5. The van der Waals surface area contributed by atoms with Crippen LogP contribution in [0.4, 0.5) is 0 Å². The predicted octanol–water partition coefficient (Wildman–Crippen LogP) is 5.19. The molecule has 4 rings (SSSR count). The number of carboxylic acids is 1. The van der Waals surface area contributed by atoms with Crippen LogP contribution < -0.4 is 0 Å². The second-order valence-electron chi connectivity index (χ2n) is 7.06. The van der Waals surface area contributed by atoms with Crippen molar-refractivity contribution < 1.29 is 9.90 Å². The number of pyridine rings is 1. The van der Waals surface area contributed by atoms with Crippen LogP contribution in [0.5, 0.6) is 0 Å². The molecule has 0 saturated carbocycles. The fourth-order valence-corrected chi connectivity index (χ4v) is 4.20. The smallest absolute Gasteiger partial charge is 0.320 e. The van der Waals surface area contributed by atoms with E-state index in [0.717, 1.165) is 28.8 Å². The molecular formula is C23H21ClN2O2. The molecule has 1 fully saturated rings. The van der Waals surface area contributed by atoms with Gasteiger partial charge in [-0.15, -0.1) is 0 Å². The average molecular weight is 393 g/mol. The number of nitrogens with zero attached hydrogens (tertiary/aromatic N) is 2. The van der Waals surface area contributed by atoms with Crippen molar-refractivity contribution in [1.29, 1.82) is 0 Å². The second kappa shape index (κ2) is 8.13. The summed E-state index contributed by atoms with van der Waals surface area (Å²) < 4.78 is 0. The van der Waals surface area contributed by atoms with E-state index in [1.54, 1.807) is 0 Å². The van der Waals surface area contributed by atoms with E-state index in [2.05, 4.69) is 4.98 Å². The lowest BCUT2D eigenvalue weighted by molar-refractivity contribution is -0.142. The van der Waals surface area contributed by atoms with Crippen LogP contribution in [0.3, 0.4) is 0 Å². The first kappa shape index (κ1) is 18.7. The Bertz CT molecular complexity index is 960. The molecule has 1 aromatic heterocycles. The Kier molecular flexibility index (Phi) is 5.42. The van der Waals surface area contributed by atoms with Crippen molar-refractivity contribution in [2.45, 2.75) is 31.5 Å². The molecule has 0 bridgehead atoms. The van der Waals surface area contributed by atoms with Crippen LogP contribution in [-0.4, -0.2) is 27.0 Å². The monoisotopic (exact) mass is 392 g/mol. The minimum Gasteiger partial charge on any atom is -0.480 e. The summed E-state index contributed by atoms with van der Waals surface area (Å²) in [5.41, 5.74) is 3.95. The SMILES string of the molecule is O=C(O)[C@@H]1CC[C@H](c2ccccc2Cl)N1Cc1ccc(-c2ccccc2)nc1. The first-order chi connectivity index (χ1) is 13.6. The van der Waals surface area contributed by atoms with Crippen molar-refractivity contribution in [2.75, 3.05) is 0 Å². The van der Waals surface area contributed by atoms with Crippen molar-refractivity contribution >= 4 is 17.6 Å². The standard InChI is InChI=1S/C23H21ClN2O2/c24-19-9-5-4-8-18(19)21-12-13-22(23(27)28)26(21)15-16-10-11-20(25-14-16)17-6-2-1-3-7-17/h1-11,14,21-22H,12-13,15H2,(H,27,28)/t21-,22+/m1/s1. The molecule has 0 unspecified atom stereocenters. The van der Waals surface area contributed by atoms with E-state index < -0.39 is 12.0 Å². The van der Waals surface area contributed by atoms with Gasteiger partial charge in [-0.1, -0.05) is 66.2 Å². The first-order valence-electron chi connectivity index (χ1n) is 9.37. The number of aliphatic carboxylic acids is 1. The lowest BCUT2D eigenvalue weighted by Gasteiger charge is -2.29. The molecule has 28 heavy (non-hydrogen) atoms. The predicted molar refractivity (Wildman–Crippen MR) is 110 cm³/mol. The molecule has 5 heteroatoms. The van der Waals surface area contributed by atoms with Crippen molar-refractivity contribution in [2.24, 2.45) is 0 Å². The number of aromatic nitrogens is 1. The van der Waals surface area contributed by atoms with Gasteiger partial charge < -0.3 is 5.11 Å². The summed E-state index contributed by atoms with van der Waals surface area (Å²) in [4.78, 5) is 18.4. The summed E-state index contributed by atoms with van der Waals surface area (Å²) in [5, 5.41) is 10.4. The molecule has 0 spiro atoms. The largest absolute Gasteiger partial charge is 0.480 e. The van der Waals surface area contributed by atoms with Gasteiger partial charge in [0.15, 0.2) is 0 Å². The number of hydrogen-bond acceptors (Lipinski definition) is 3. The molecule has 1 N–H and O–H groups in total. The average Bonchev–Trinajstić information content (AvgIpc) is 3.13. The molecule has 4 nitrogen and oxygen atoms in total. The highest BCUT2D eigenvalue weighted by molar-refractivity contribution is 6.31. The Balaban J connectivity index is 1.59. The number of carbonyl (C=O) groups is 1. The molecule has 142 valence electrons. The number of halogens is 1. The number of rotatable bonds is 5. The zero-order valence-electron chi connectivity index (χ0n) is 15.3. The number of benzene rings is 2. The fraction of sp³-hybridized carbons (Fsp3) is 0.217. The summed E-state index contributed by atoms with van der Waals surface area (Å²) in [6, 6.07) is 21.2. The number of hydrogen-bond donors (Lipinski definition) is 1. The molecule has 1 saturated heterocycles. The summed E-state index contributed by atoms with van der Waals surface area (Å²) in [6.45, 7) is 0.523. The zero-order chi connectivity index (χ0) is 19.5. The quantitative estimate of drug-likeness (QED) is 0.649. The number of likely N-dealkylation sites (tertiary alicyclic amines) is 1. The third-order valence-corrected chi connectivity index (χ3v) is 5.67. The molecule has 2 atom stereocenters. The molecule has 0 radical (unpaired) electrons. The van der Waals surface area contributed by atoms with Crippen LogP contribution in [0.15, 0.2) is 72.9 Å². The van der Waals surface area contributed by atoms with Gasteiger partial charge in [0, 0.05) is 29.4 Å². The topological polar surface area (TPSA) is 53.4 Å². The van der Waals surface area contributed by atoms with Crippen molar-refractivity contribution in [3.8, 4) is 11.3 Å². The van der Waals surface area contributed by atoms with Gasteiger partial charge in [0.25, 0.3) is 0 Å². The fourth-order valence-electron chi connectivity index (χ4n) is 3.94. The van der Waals surface area contributed by atoms with Crippen LogP contribution in [0.1, 0.15) is 30.0 Å². The van der Waals surface area contributed by atoms with Crippen molar-refractivity contribution in [3.63, 3.8) is 0 Å². The highest BCUT2D eigenvalue weighted by Gasteiger charge is 2.39. The minimum atomic E-state index is -0.789. The normalized spacial score (nSPS) is 19.6. The van der Waals surface area contributed by atoms with Gasteiger partial charge in [-0.25, -0.2) is 0 Å². The third kappa shape index (κ3) is 3.79. The Hall–Kier alpha value is -2.69. The van der Waals surface area contributed by atoms with E-state index in [1.165, 1.54) is 0 Å². The van der Waals surface area contributed by atoms with Crippen LogP contribution in [0.25, 0.3) is 11.3 Å². The van der Waals surface area contributed by atoms with E-state index in [9.17, 15) is 9.90 Å². The lowest BCUT2D eigenvalue weighted by atomic mass is 10.0. The first-order valence-corrected chi connectivity index (χ1v) is 9.74. The van der Waals surface area contributed by atoms with E-state index in [1.807, 2.05) is 77.8 Å². The van der Waals surface area contributed by atoms with Crippen molar-refractivity contribution in [1.82, 2.24) is 9.88 Å². The molecule has 2 aromatic carbocycles. The maximum atomic E-state index is 11.8. The van der Waals surface area contributed by atoms with E-state index in [0.29, 0.717) is 18.0 Å². The lowest BCUT2D eigenvalue weighted by Crippen LogP contribution is -2.37. The Morgan fingerprint density at radius 1 is 1.04 bits per heavy atom.